The van der Waals surface area contributed by atoms with Crippen molar-refractivity contribution in [3.8, 4) is 0 Å². The Morgan fingerprint density at radius 1 is 1.09 bits per heavy atom. The molecule has 0 amide bonds. The molecule has 1 aromatic heterocycles. The molecule has 1 aromatic carbocycles. The van der Waals surface area contributed by atoms with Crippen molar-refractivity contribution in [3.63, 3.8) is 0 Å². The van der Waals surface area contributed by atoms with Gasteiger partial charge < -0.3 is 14.8 Å². The molecule has 2 fully saturated rings. The molecule has 0 bridgehead atoms. The van der Waals surface area contributed by atoms with Crippen LogP contribution in [0.3, 0.4) is 0 Å². The Labute approximate surface area is 205 Å². The number of nitrogens with zero attached hydrogens (tertiary/aromatic N) is 1. The summed E-state index contributed by atoms with van der Waals surface area (Å²) >= 11 is 0. The minimum atomic E-state index is -0.127. The highest BCUT2D eigenvalue weighted by Crippen LogP contribution is 2.51. The summed E-state index contributed by atoms with van der Waals surface area (Å²) in [6, 6.07) is 15.5. The van der Waals surface area contributed by atoms with E-state index in [1.54, 1.807) is 0 Å². The quantitative estimate of drug-likeness (QED) is 0.451. The van der Waals surface area contributed by atoms with Crippen LogP contribution in [0.25, 0.3) is 0 Å². The molecule has 0 unspecified atom stereocenters. The predicted octanol–water partition coefficient (Wildman–Crippen LogP) is 6.59. The van der Waals surface area contributed by atoms with Gasteiger partial charge in [-0.05, 0) is 68.2 Å². The zero-order valence-corrected chi connectivity index (χ0v) is 20.7. The summed E-state index contributed by atoms with van der Waals surface area (Å²) in [6.45, 7) is 9.28. The summed E-state index contributed by atoms with van der Waals surface area (Å²) in [5, 5.41) is 3.90. The van der Waals surface area contributed by atoms with Crippen molar-refractivity contribution in [2.24, 2.45) is 0 Å². The van der Waals surface area contributed by atoms with Crippen LogP contribution in [0, 0.1) is 0 Å². The fourth-order valence-corrected chi connectivity index (χ4v) is 6.63. The van der Waals surface area contributed by atoms with Gasteiger partial charge in [-0.2, -0.15) is 0 Å². The number of fused-ring (bicyclic) bond motifs is 1. The van der Waals surface area contributed by atoms with Gasteiger partial charge in [-0.3, -0.25) is 4.98 Å². The molecule has 3 atom stereocenters. The van der Waals surface area contributed by atoms with E-state index in [2.05, 4.69) is 48.6 Å². The third kappa shape index (κ3) is 4.60. The highest BCUT2D eigenvalue weighted by Gasteiger charge is 2.50. The minimum Gasteiger partial charge on any atom is -0.375 e. The average molecular weight is 461 g/mol. The number of nitrogens with one attached hydrogen (secondary N) is 1. The first-order valence-electron chi connectivity index (χ1n) is 13.3. The van der Waals surface area contributed by atoms with Gasteiger partial charge >= 0.3 is 0 Å². The zero-order chi connectivity index (χ0) is 23.4. The smallest absolute Gasteiger partial charge is 0.0828 e. The van der Waals surface area contributed by atoms with E-state index in [1.165, 1.54) is 29.5 Å². The van der Waals surface area contributed by atoms with Crippen LogP contribution in [-0.2, 0) is 14.9 Å². The third-order valence-electron chi connectivity index (χ3n) is 8.43. The number of hydrogen-bond acceptors (Lipinski definition) is 4. The molecule has 4 heteroatoms. The Morgan fingerprint density at radius 2 is 1.88 bits per heavy atom. The lowest BCUT2D eigenvalue weighted by Crippen LogP contribution is -2.48. The monoisotopic (exact) mass is 460 g/mol. The minimum absolute atomic E-state index is 0.0000124. The van der Waals surface area contributed by atoms with Gasteiger partial charge in [0.15, 0.2) is 0 Å². The van der Waals surface area contributed by atoms with Crippen LogP contribution in [-0.4, -0.2) is 30.3 Å². The molecule has 182 valence electrons. The second-order valence-electron chi connectivity index (χ2n) is 10.6. The van der Waals surface area contributed by atoms with Crippen LogP contribution in [0.1, 0.15) is 93.7 Å². The summed E-state index contributed by atoms with van der Waals surface area (Å²) in [7, 11) is 0. The van der Waals surface area contributed by atoms with Gasteiger partial charge in [0.1, 0.15) is 0 Å². The summed E-state index contributed by atoms with van der Waals surface area (Å²) in [4.78, 5) is 4.86. The highest BCUT2D eigenvalue weighted by atomic mass is 16.5. The van der Waals surface area contributed by atoms with Gasteiger partial charge in [0, 0.05) is 37.4 Å². The van der Waals surface area contributed by atoms with Gasteiger partial charge in [0.2, 0.25) is 0 Å². The number of ether oxygens (including phenoxy) is 2. The molecule has 2 aliphatic carbocycles. The molecule has 2 heterocycles. The second kappa shape index (κ2) is 10.3. The number of pyridine rings is 1. The molecule has 5 rings (SSSR count). The summed E-state index contributed by atoms with van der Waals surface area (Å²) in [6.07, 6.45) is 12.2. The van der Waals surface area contributed by atoms with E-state index in [0.29, 0.717) is 6.04 Å². The highest BCUT2D eigenvalue weighted by molar-refractivity contribution is 5.36. The van der Waals surface area contributed by atoms with E-state index in [0.717, 1.165) is 70.4 Å². The van der Waals surface area contributed by atoms with E-state index in [-0.39, 0.29) is 17.1 Å². The SMILES string of the molecule is C=C(CN[C@H]1CC[C@H](OCCC)c2ccccc21)[C@@]1(c2ccccn2)CCOC2(CCCC2)C1. The van der Waals surface area contributed by atoms with Crippen LogP contribution in [0.2, 0.25) is 0 Å². The summed E-state index contributed by atoms with van der Waals surface area (Å²) < 4.78 is 12.6. The fraction of sp³-hybridized carbons (Fsp3) is 0.567. The van der Waals surface area contributed by atoms with Crippen molar-refractivity contribution >= 4 is 0 Å². The van der Waals surface area contributed by atoms with Crippen molar-refractivity contribution in [1.82, 2.24) is 10.3 Å². The number of hydrogen-bond donors (Lipinski definition) is 1. The van der Waals surface area contributed by atoms with Crippen molar-refractivity contribution in [2.45, 2.75) is 87.9 Å². The topological polar surface area (TPSA) is 43.4 Å². The predicted molar refractivity (Wildman–Crippen MR) is 137 cm³/mol. The summed E-state index contributed by atoms with van der Waals surface area (Å²) in [5.41, 5.74) is 5.02. The maximum Gasteiger partial charge on any atom is 0.0828 e. The first kappa shape index (κ1) is 23.7. The first-order valence-corrected chi connectivity index (χ1v) is 13.3. The molecule has 1 aliphatic heterocycles. The zero-order valence-electron chi connectivity index (χ0n) is 20.7. The molecule has 2 aromatic rings. The maximum atomic E-state index is 6.44. The standard InChI is InChI=1S/C30H40N2O2/c1-3-19-33-27-14-13-26(24-10-4-5-11-25(24)27)32-21-23(2)30(28-12-6-9-18-31-28)17-20-34-29(22-30)15-7-8-16-29/h4-6,9-12,18,26-27,32H,2-3,7-8,13-17,19-22H2,1H3/t26-,27-,30+/m0/s1. The fourth-order valence-electron chi connectivity index (χ4n) is 6.63. The molecular weight excluding hydrogens is 420 g/mol. The van der Waals surface area contributed by atoms with Crippen LogP contribution in [0.4, 0.5) is 0 Å². The Bertz CT molecular complexity index is 969. The van der Waals surface area contributed by atoms with E-state index < -0.39 is 0 Å². The first-order chi connectivity index (χ1) is 16.7. The molecule has 1 spiro atoms. The Hall–Kier alpha value is -2.01. The van der Waals surface area contributed by atoms with E-state index >= 15 is 0 Å². The van der Waals surface area contributed by atoms with Crippen LogP contribution in [0.5, 0.6) is 0 Å². The van der Waals surface area contributed by atoms with E-state index in [4.69, 9.17) is 21.0 Å². The second-order valence-corrected chi connectivity index (χ2v) is 10.6. The van der Waals surface area contributed by atoms with Gasteiger partial charge in [-0.15, -0.1) is 0 Å². The Kier molecular flexibility index (Phi) is 7.19. The average Bonchev–Trinajstić information content (AvgIpc) is 3.33. The summed E-state index contributed by atoms with van der Waals surface area (Å²) in [5.74, 6) is 0. The lowest BCUT2D eigenvalue weighted by molar-refractivity contribution is -0.0961. The van der Waals surface area contributed by atoms with Gasteiger partial charge in [0.25, 0.3) is 0 Å². The number of benzene rings is 1. The normalized spacial score (nSPS) is 28.0. The molecule has 3 aliphatic rings. The van der Waals surface area contributed by atoms with E-state index in [9.17, 15) is 0 Å². The van der Waals surface area contributed by atoms with Crippen LogP contribution in [0.15, 0.2) is 60.8 Å². The van der Waals surface area contributed by atoms with Gasteiger partial charge in [-0.25, -0.2) is 0 Å². The molecular formula is C30H40N2O2. The van der Waals surface area contributed by atoms with Crippen molar-refractivity contribution in [1.29, 1.82) is 0 Å². The van der Waals surface area contributed by atoms with Crippen molar-refractivity contribution in [3.05, 3.63) is 77.6 Å². The van der Waals surface area contributed by atoms with Gasteiger partial charge in [0.05, 0.1) is 17.4 Å². The number of rotatable bonds is 8. The lowest BCUT2D eigenvalue weighted by Gasteiger charge is -2.47. The third-order valence-corrected chi connectivity index (χ3v) is 8.43. The van der Waals surface area contributed by atoms with Crippen molar-refractivity contribution < 1.29 is 9.47 Å². The molecule has 1 N–H and O–H groups in total. The molecule has 0 radical (unpaired) electrons. The van der Waals surface area contributed by atoms with Crippen LogP contribution >= 0.6 is 0 Å². The van der Waals surface area contributed by atoms with E-state index in [1.807, 2.05) is 12.3 Å². The van der Waals surface area contributed by atoms with Gasteiger partial charge in [-0.1, -0.05) is 62.2 Å². The maximum absolute atomic E-state index is 6.44. The molecule has 1 saturated carbocycles. The molecule has 34 heavy (non-hydrogen) atoms. The Balaban J connectivity index is 1.35. The lowest BCUT2D eigenvalue weighted by atomic mass is 9.65. The molecule has 4 nitrogen and oxygen atoms in total. The molecule has 1 saturated heterocycles. The number of aromatic nitrogens is 1. The van der Waals surface area contributed by atoms with Crippen molar-refractivity contribution in [2.75, 3.05) is 19.8 Å². The van der Waals surface area contributed by atoms with Crippen LogP contribution < -0.4 is 5.32 Å². The Morgan fingerprint density at radius 3 is 2.65 bits per heavy atom. The largest absolute Gasteiger partial charge is 0.375 e.